The summed E-state index contributed by atoms with van der Waals surface area (Å²) in [6.45, 7) is 1.75. The van der Waals surface area contributed by atoms with Crippen LogP contribution < -0.4 is 5.32 Å². The van der Waals surface area contributed by atoms with E-state index in [1.54, 1.807) is 0 Å². The molecule has 96 valence electrons. The van der Waals surface area contributed by atoms with Crippen molar-refractivity contribution in [3.63, 3.8) is 0 Å². The molecule has 0 heterocycles. The normalized spacial score (nSPS) is 15.4. The highest BCUT2D eigenvalue weighted by Gasteiger charge is 2.25. The van der Waals surface area contributed by atoms with E-state index >= 15 is 0 Å². The zero-order valence-electron chi connectivity index (χ0n) is 10.2. The quantitative estimate of drug-likeness (QED) is 0.595. The van der Waals surface area contributed by atoms with Crippen LogP contribution in [0.4, 0.5) is 0 Å². The molecule has 1 aliphatic carbocycles. The summed E-state index contributed by atoms with van der Waals surface area (Å²) in [5.74, 6) is -0.0231. The summed E-state index contributed by atoms with van der Waals surface area (Å²) in [6, 6.07) is 2.50. The van der Waals surface area contributed by atoms with E-state index in [9.17, 15) is 4.79 Å². The monoisotopic (exact) mass is 239 g/mol. The highest BCUT2D eigenvalue weighted by atomic mass is 16.3. The van der Waals surface area contributed by atoms with Crippen LogP contribution in [0.15, 0.2) is 0 Å². The van der Waals surface area contributed by atoms with Crippen molar-refractivity contribution in [1.29, 1.82) is 5.26 Å². The van der Waals surface area contributed by atoms with E-state index in [2.05, 4.69) is 10.2 Å². The number of carbonyl (C=O) groups excluding carboxylic acids is 1. The first-order valence-electron chi connectivity index (χ1n) is 6.26. The molecule has 1 fully saturated rings. The van der Waals surface area contributed by atoms with Crippen LogP contribution in [0.1, 0.15) is 32.1 Å². The number of nitrogens with zero attached hydrogens (tertiary/aromatic N) is 2. The summed E-state index contributed by atoms with van der Waals surface area (Å²) >= 11 is 0. The van der Waals surface area contributed by atoms with Crippen molar-refractivity contribution in [1.82, 2.24) is 10.2 Å². The Morgan fingerprint density at radius 1 is 1.53 bits per heavy atom. The van der Waals surface area contributed by atoms with Crippen LogP contribution in [0.3, 0.4) is 0 Å². The van der Waals surface area contributed by atoms with Gasteiger partial charge in [0, 0.05) is 25.7 Å². The molecule has 2 N–H and O–H groups in total. The van der Waals surface area contributed by atoms with Crippen LogP contribution in [0.5, 0.6) is 0 Å². The van der Waals surface area contributed by atoms with Crippen molar-refractivity contribution in [2.75, 3.05) is 26.2 Å². The van der Waals surface area contributed by atoms with E-state index in [0.29, 0.717) is 32.0 Å². The number of aliphatic hydroxyl groups excluding tert-OH is 1. The van der Waals surface area contributed by atoms with Gasteiger partial charge in [-0.3, -0.25) is 9.69 Å². The van der Waals surface area contributed by atoms with Gasteiger partial charge in [0.05, 0.1) is 19.0 Å². The molecule has 0 atom stereocenters. The lowest BCUT2D eigenvalue weighted by Gasteiger charge is -2.37. The molecule has 0 unspecified atom stereocenters. The lowest BCUT2D eigenvalue weighted by atomic mass is 9.91. The second-order valence-electron chi connectivity index (χ2n) is 4.39. The smallest absolute Gasteiger partial charge is 0.234 e. The summed E-state index contributed by atoms with van der Waals surface area (Å²) in [6.07, 6.45) is 4.60. The van der Waals surface area contributed by atoms with Crippen LogP contribution >= 0.6 is 0 Å². The first-order valence-corrected chi connectivity index (χ1v) is 6.26. The minimum atomic E-state index is -0.0231. The molecule has 0 aromatic carbocycles. The zero-order chi connectivity index (χ0) is 12.5. The molecule has 0 aliphatic heterocycles. The second-order valence-corrected chi connectivity index (χ2v) is 4.39. The third kappa shape index (κ3) is 5.16. The van der Waals surface area contributed by atoms with E-state index in [-0.39, 0.29) is 12.5 Å². The van der Waals surface area contributed by atoms with E-state index < -0.39 is 0 Å². The van der Waals surface area contributed by atoms with Crippen molar-refractivity contribution in [3.05, 3.63) is 0 Å². The molecule has 0 saturated heterocycles. The Kier molecular flexibility index (Phi) is 6.60. The fourth-order valence-corrected chi connectivity index (χ4v) is 1.91. The molecule has 1 rings (SSSR count). The number of aliphatic hydroxyl groups is 1. The van der Waals surface area contributed by atoms with E-state index in [1.165, 1.54) is 6.42 Å². The maximum absolute atomic E-state index is 11.6. The molecule has 17 heavy (non-hydrogen) atoms. The molecule has 0 radical (unpaired) electrons. The van der Waals surface area contributed by atoms with Gasteiger partial charge < -0.3 is 10.4 Å². The molecular weight excluding hydrogens is 218 g/mol. The van der Waals surface area contributed by atoms with Gasteiger partial charge in [-0.15, -0.1) is 0 Å². The Morgan fingerprint density at radius 3 is 2.82 bits per heavy atom. The van der Waals surface area contributed by atoms with Gasteiger partial charge in [0.25, 0.3) is 0 Å². The first kappa shape index (κ1) is 13.9. The molecule has 1 amide bonds. The number of hydrogen-bond acceptors (Lipinski definition) is 4. The zero-order valence-corrected chi connectivity index (χ0v) is 10.2. The van der Waals surface area contributed by atoms with Gasteiger partial charge in [0.15, 0.2) is 0 Å². The Bertz CT molecular complexity index is 271. The predicted molar refractivity (Wildman–Crippen MR) is 64.2 cm³/mol. The van der Waals surface area contributed by atoms with Gasteiger partial charge in [-0.2, -0.15) is 5.26 Å². The summed E-state index contributed by atoms with van der Waals surface area (Å²) in [5.41, 5.74) is 0. The van der Waals surface area contributed by atoms with Gasteiger partial charge in [0.1, 0.15) is 0 Å². The minimum Gasteiger partial charge on any atom is -0.396 e. The maximum Gasteiger partial charge on any atom is 0.234 e. The van der Waals surface area contributed by atoms with E-state index in [4.69, 9.17) is 10.4 Å². The van der Waals surface area contributed by atoms with Crippen LogP contribution in [0.2, 0.25) is 0 Å². The highest BCUT2D eigenvalue weighted by Crippen LogP contribution is 2.24. The van der Waals surface area contributed by atoms with Crippen molar-refractivity contribution >= 4 is 5.91 Å². The summed E-state index contributed by atoms with van der Waals surface area (Å²) < 4.78 is 0. The third-order valence-corrected chi connectivity index (χ3v) is 3.10. The van der Waals surface area contributed by atoms with E-state index in [0.717, 1.165) is 19.4 Å². The van der Waals surface area contributed by atoms with Crippen LogP contribution in [0, 0.1) is 11.3 Å². The molecule has 0 aromatic rings. The molecule has 5 nitrogen and oxygen atoms in total. The van der Waals surface area contributed by atoms with Gasteiger partial charge >= 0.3 is 0 Å². The van der Waals surface area contributed by atoms with Gasteiger partial charge in [-0.1, -0.05) is 6.42 Å². The number of carbonyl (C=O) groups is 1. The molecule has 0 spiro atoms. The SMILES string of the molecule is N#CCCNC(=O)CN(CCCO)C1CCC1. The van der Waals surface area contributed by atoms with Crippen LogP contribution in [-0.4, -0.2) is 48.2 Å². The average molecular weight is 239 g/mol. The van der Waals surface area contributed by atoms with Gasteiger partial charge in [0.2, 0.25) is 5.91 Å². The highest BCUT2D eigenvalue weighted by molar-refractivity contribution is 5.78. The van der Waals surface area contributed by atoms with Gasteiger partial charge in [-0.05, 0) is 19.3 Å². The van der Waals surface area contributed by atoms with Crippen molar-refractivity contribution in [2.24, 2.45) is 0 Å². The Hall–Kier alpha value is -1.12. The average Bonchev–Trinajstić information content (AvgIpc) is 2.23. The summed E-state index contributed by atoms with van der Waals surface area (Å²) in [7, 11) is 0. The number of nitrogens with one attached hydrogen (secondary N) is 1. The molecule has 5 heteroatoms. The fraction of sp³-hybridized carbons (Fsp3) is 0.833. The topological polar surface area (TPSA) is 76.4 Å². The Labute approximate surface area is 102 Å². The fourth-order valence-electron chi connectivity index (χ4n) is 1.91. The number of rotatable bonds is 8. The Balaban J connectivity index is 2.26. The molecular formula is C12H21N3O2. The molecule has 0 aromatic heterocycles. The molecule has 1 aliphatic rings. The molecule has 0 bridgehead atoms. The van der Waals surface area contributed by atoms with Crippen molar-refractivity contribution in [2.45, 2.75) is 38.1 Å². The second kappa shape index (κ2) is 8.04. The Morgan fingerprint density at radius 2 is 2.29 bits per heavy atom. The number of nitriles is 1. The molecule has 1 saturated carbocycles. The van der Waals surface area contributed by atoms with E-state index in [1.807, 2.05) is 6.07 Å². The van der Waals surface area contributed by atoms with Crippen LogP contribution in [-0.2, 0) is 4.79 Å². The van der Waals surface area contributed by atoms with Crippen molar-refractivity contribution in [3.8, 4) is 6.07 Å². The summed E-state index contributed by atoms with van der Waals surface area (Å²) in [4.78, 5) is 13.8. The van der Waals surface area contributed by atoms with Crippen molar-refractivity contribution < 1.29 is 9.90 Å². The first-order chi connectivity index (χ1) is 8.27. The lowest BCUT2D eigenvalue weighted by Crippen LogP contribution is -2.46. The van der Waals surface area contributed by atoms with Gasteiger partial charge in [-0.25, -0.2) is 0 Å². The third-order valence-electron chi connectivity index (χ3n) is 3.10. The summed E-state index contributed by atoms with van der Waals surface area (Å²) in [5, 5.41) is 19.9. The van der Waals surface area contributed by atoms with Crippen LogP contribution in [0.25, 0.3) is 0 Å². The maximum atomic E-state index is 11.6. The standard InChI is InChI=1S/C12H21N3O2/c13-6-2-7-14-12(17)10-15(8-3-9-16)11-4-1-5-11/h11,16H,1-5,7-10H2,(H,14,17). The number of hydrogen-bond donors (Lipinski definition) is 2. The predicted octanol–water partition coefficient (Wildman–Crippen LogP) is 0.253. The minimum absolute atomic E-state index is 0.0231. The largest absolute Gasteiger partial charge is 0.396 e. The lowest BCUT2D eigenvalue weighted by molar-refractivity contribution is -0.123. The number of amides is 1.